The maximum absolute atomic E-state index is 9.99. The fourth-order valence-corrected chi connectivity index (χ4v) is 2.58. The summed E-state index contributed by atoms with van der Waals surface area (Å²) in [6.07, 6.45) is -2.27. The molecule has 1 aromatic carbocycles. The van der Waals surface area contributed by atoms with Gasteiger partial charge in [0.25, 0.3) is 0 Å². The Labute approximate surface area is 134 Å². The zero-order valence-electron chi connectivity index (χ0n) is 12.6. The van der Waals surface area contributed by atoms with Gasteiger partial charge >= 0.3 is 0 Å². The number of likely N-dealkylation sites (tertiary alicyclic amines) is 1. The predicted octanol–water partition coefficient (Wildman–Crippen LogP) is -1.30. The molecule has 1 aliphatic heterocycles. The molecular formula is C16H23NO6. The highest BCUT2D eigenvalue weighted by Crippen LogP contribution is 2.23. The van der Waals surface area contributed by atoms with Crippen molar-refractivity contribution in [2.24, 2.45) is 0 Å². The monoisotopic (exact) mass is 325 g/mol. The van der Waals surface area contributed by atoms with E-state index in [9.17, 15) is 25.5 Å². The first-order valence-electron chi connectivity index (χ1n) is 7.48. The molecule has 1 aromatic rings. The van der Waals surface area contributed by atoms with Crippen LogP contribution in [0.4, 0.5) is 0 Å². The largest absolute Gasteiger partial charge is 0.490 e. The van der Waals surface area contributed by atoms with Crippen molar-refractivity contribution in [2.75, 3.05) is 19.8 Å². The van der Waals surface area contributed by atoms with Crippen molar-refractivity contribution in [3.05, 3.63) is 42.5 Å². The van der Waals surface area contributed by atoms with Crippen molar-refractivity contribution >= 4 is 0 Å². The first-order chi connectivity index (χ1) is 11.1. The lowest BCUT2D eigenvalue weighted by atomic mass is 9.93. The second-order valence-electron chi connectivity index (χ2n) is 5.43. The van der Waals surface area contributed by atoms with Gasteiger partial charge in [-0.05, 0) is 12.1 Å². The Balaban J connectivity index is 1.88. The molecule has 0 spiro atoms. The van der Waals surface area contributed by atoms with E-state index in [1.165, 1.54) is 4.90 Å². The summed E-state index contributed by atoms with van der Waals surface area (Å²) in [4.78, 5) is 1.33. The van der Waals surface area contributed by atoms with E-state index in [0.717, 1.165) is 5.75 Å². The molecule has 1 aliphatic rings. The van der Waals surface area contributed by atoms with Crippen LogP contribution in [-0.2, 0) is 0 Å². The Morgan fingerprint density at radius 1 is 0.957 bits per heavy atom. The smallest absolute Gasteiger partial charge is 0.136 e. The minimum absolute atomic E-state index is 0.186. The number of hydrogen-bond donors (Lipinski definition) is 5. The average molecular weight is 325 g/mol. The average Bonchev–Trinajstić information content (AvgIpc) is 2.58. The molecule has 0 bridgehead atoms. The summed E-state index contributed by atoms with van der Waals surface area (Å²) in [6.45, 7) is 0.0627. The number of ether oxygens (including phenoxy) is 1. The van der Waals surface area contributed by atoms with Gasteiger partial charge in [0.1, 0.15) is 36.9 Å². The second kappa shape index (κ2) is 8.39. The van der Waals surface area contributed by atoms with Crippen molar-refractivity contribution in [3.8, 4) is 5.75 Å². The molecule has 0 aliphatic carbocycles. The summed E-state index contributed by atoms with van der Waals surface area (Å²) in [5, 5.41) is 48.6. The van der Waals surface area contributed by atoms with Gasteiger partial charge < -0.3 is 30.3 Å². The zero-order valence-corrected chi connectivity index (χ0v) is 12.6. The molecule has 1 saturated heterocycles. The summed E-state index contributed by atoms with van der Waals surface area (Å²) in [5.74, 6) is 0.734. The van der Waals surface area contributed by atoms with Crippen LogP contribution in [0.5, 0.6) is 5.75 Å². The molecule has 1 heterocycles. The number of para-hydroxylation sites is 1. The third kappa shape index (κ3) is 4.29. The Hall–Kier alpha value is -1.48. The predicted molar refractivity (Wildman–Crippen MR) is 82.7 cm³/mol. The zero-order chi connectivity index (χ0) is 16.8. The van der Waals surface area contributed by atoms with Gasteiger partial charge in [-0.3, -0.25) is 4.90 Å². The molecule has 2 rings (SSSR count). The topological polar surface area (TPSA) is 114 Å². The first-order valence-corrected chi connectivity index (χ1v) is 7.48. The number of benzene rings is 1. The number of aliphatic hydroxyl groups excluding tert-OH is 5. The van der Waals surface area contributed by atoms with Crippen LogP contribution in [0.1, 0.15) is 0 Å². The lowest BCUT2D eigenvalue weighted by Gasteiger charge is -2.46. The van der Waals surface area contributed by atoms with Crippen LogP contribution in [0.15, 0.2) is 42.5 Å². The van der Waals surface area contributed by atoms with Crippen molar-refractivity contribution in [1.29, 1.82) is 0 Å². The number of aliphatic hydroxyl groups is 5. The van der Waals surface area contributed by atoms with E-state index < -0.39 is 37.2 Å². The van der Waals surface area contributed by atoms with Gasteiger partial charge in [0.2, 0.25) is 0 Å². The van der Waals surface area contributed by atoms with Crippen LogP contribution < -0.4 is 4.74 Å². The third-order valence-electron chi connectivity index (χ3n) is 3.92. The number of hydrogen-bond acceptors (Lipinski definition) is 7. The van der Waals surface area contributed by atoms with Gasteiger partial charge in [-0.25, -0.2) is 0 Å². The van der Waals surface area contributed by atoms with Crippen molar-refractivity contribution < 1.29 is 30.3 Å². The molecule has 1 fully saturated rings. The molecular weight excluding hydrogens is 302 g/mol. The van der Waals surface area contributed by atoms with E-state index in [1.807, 2.05) is 30.3 Å². The second-order valence-corrected chi connectivity index (χ2v) is 5.43. The number of piperidine rings is 1. The Bertz CT molecular complexity index is 497. The normalized spacial score (nSPS) is 32.3. The van der Waals surface area contributed by atoms with Crippen molar-refractivity contribution in [1.82, 2.24) is 4.90 Å². The van der Waals surface area contributed by atoms with Crippen LogP contribution in [0.3, 0.4) is 0 Å². The first kappa shape index (κ1) is 17.9. The lowest BCUT2D eigenvalue weighted by Crippen LogP contribution is -2.67. The maximum atomic E-state index is 9.99. The maximum Gasteiger partial charge on any atom is 0.136 e. The van der Waals surface area contributed by atoms with E-state index in [0.29, 0.717) is 6.61 Å². The molecule has 1 unspecified atom stereocenters. The highest BCUT2D eigenvalue weighted by Gasteiger charge is 2.46. The summed E-state index contributed by atoms with van der Waals surface area (Å²) < 4.78 is 5.48. The summed E-state index contributed by atoms with van der Waals surface area (Å²) in [7, 11) is 0. The van der Waals surface area contributed by atoms with Crippen LogP contribution >= 0.6 is 0 Å². The lowest BCUT2D eigenvalue weighted by molar-refractivity contribution is -0.219. The van der Waals surface area contributed by atoms with E-state index in [4.69, 9.17) is 4.74 Å². The third-order valence-corrected chi connectivity index (χ3v) is 3.92. The highest BCUT2D eigenvalue weighted by molar-refractivity contribution is 5.21. The quantitative estimate of drug-likeness (QED) is 0.413. The van der Waals surface area contributed by atoms with Gasteiger partial charge in [0, 0.05) is 6.54 Å². The minimum atomic E-state index is -1.50. The molecule has 128 valence electrons. The van der Waals surface area contributed by atoms with Gasteiger partial charge in [0.15, 0.2) is 0 Å². The molecule has 0 saturated carbocycles. The highest BCUT2D eigenvalue weighted by atomic mass is 16.5. The molecule has 0 radical (unpaired) electrons. The summed E-state index contributed by atoms with van der Waals surface area (Å²) in [6, 6.07) is 8.42. The Morgan fingerprint density at radius 3 is 2.30 bits per heavy atom. The van der Waals surface area contributed by atoms with Gasteiger partial charge in [-0.2, -0.15) is 0 Å². The van der Waals surface area contributed by atoms with Gasteiger partial charge in [-0.15, -0.1) is 0 Å². The van der Waals surface area contributed by atoms with Crippen molar-refractivity contribution in [3.63, 3.8) is 0 Å². The standard InChI is InChI=1S/C16H23NO6/c18-10-12-13(19)14(20)15(21)16(22)17(12)8-4-5-9-23-11-6-2-1-3-7-11/h1-7,12-16,18-22H,8-10H2/b5-4+/t12-,13-,14+,15-,16?/m1/s1. The van der Waals surface area contributed by atoms with Gasteiger partial charge in [0.05, 0.1) is 12.6 Å². The molecule has 5 atom stereocenters. The van der Waals surface area contributed by atoms with Crippen LogP contribution in [0.2, 0.25) is 0 Å². The Morgan fingerprint density at radius 2 is 1.65 bits per heavy atom. The number of nitrogens with zero attached hydrogens (tertiary/aromatic N) is 1. The van der Waals surface area contributed by atoms with Crippen molar-refractivity contribution in [2.45, 2.75) is 30.6 Å². The molecule has 0 aromatic heterocycles. The van der Waals surface area contributed by atoms with E-state index in [1.54, 1.807) is 12.2 Å². The molecule has 5 N–H and O–H groups in total. The molecule has 0 amide bonds. The van der Waals surface area contributed by atoms with E-state index >= 15 is 0 Å². The van der Waals surface area contributed by atoms with Gasteiger partial charge in [-0.1, -0.05) is 30.4 Å². The van der Waals surface area contributed by atoms with Crippen LogP contribution in [0, 0.1) is 0 Å². The SMILES string of the molecule is OC[C@@H]1[C@@H](O)[C@H](O)[C@@H](O)C(O)N1C/C=C/COc1ccccc1. The van der Waals surface area contributed by atoms with E-state index in [2.05, 4.69) is 0 Å². The van der Waals surface area contributed by atoms with E-state index in [-0.39, 0.29) is 6.54 Å². The fourth-order valence-electron chi connectivity index (χ4n) is 2.58. The summed E-state index contributed by atoms with van der Waals surface area (Å²) >= 11 is 0. The van der Waals surface area contributed by atoms with Crippen LogP contribution in [-0.4, -0.2) is 80.8 Å². The summed E-state index contributed by atoms with van der Waals surface area (Å²) in [5.41, 5.74) is 0. The Kier molecular flexibility index (Phi) is 6.52. The van der Waals surface area contributed by atoms with Crippen LogP contribution in [0.25, 0.3) is 0 Å². The fraction of sp³-hybridized carbons (Fsp3) is 0.500. The molecule has 7 heteroatoms. The minimum Gasteiger partial charge on any atom is -0.490 e. The number of rotatable bonds is 6. The molecule has 7 nitrogen and oxygen atoms in total. The molecule has 23 heavy (non-hydrogen) atoms.